The van der Waals surface area contributed by atoms with Crippen LogP contribution in [0.15, 0.2) is 54.6 Å². The van der Waals surface area contributed by atoms with Crippen molar-refractivity contribution in [1.29, 1.82) is 0 Å². The fraction of sp³-hybridized carbons (Fsp3) is 0.364. The number of ether oxygens (including phenoxy) is 1. The van der Waals surface area contributed by atoms with Crippen molar-refractivity contribution in [3.8, 4) is 5.75 Å². The first kappa shape index (κ1) is 20.3. The standard InChI is InChI=1S/C22H26N2O3S/c1-2-27-20-10-8-19(9-11-20)24-14-18(12-22(24)26)13-23-21(25)16-28-15-17-6-4-3-5-7-17/h3-11,18H,2,12-16H2,1H3,(H,23,25). The highest BCUT2D eigenvalue weighted by Gasteiger charge is 2.30. The van der Waals surface area contributed by atoms with Gasteiger partial charge in [0.25, 0.3) is 0 Å². The van der Waals surface area contributed by atoms with E-state index in [0.29, 0.717) is 31.9 Å². The molecule has 28 heavy (non-hydrogen) atoms. The lowest BCUT2D eigenvalue weighted by molar-refractivity contribution is -0.119. The van der Waals surface area contributed by atoms with Crippen LogP contribution in [0.5, 0.6) is 5.75 Å². The smallest absolute Gasteiger partial charge is 0.230 e. The largest absolute Gasteiger partial charge is 0.494 e. The molecule has 1 aliphatic heterocycles. The van der Waals surface area contributed by atoms with E-state index in [9.17, 15) is 9.59 Å². The zero-order valence-electron chi connectivity index (χ0n) is 16.1. The number of rotatable bonds is 9. The summed E-state index contributed by atoms with van der Waals surface area (Å²) in [6.45, 7) is 3.72. The molecule has 1 aliphatic rings. The number of thioether (sulfide) groups is 1. The van der Waals surface area contributed by atoms with Gasteiger partial charge in [-0.15, -0.1) is 11.8 Å². The van der Waals surface area contributed by atoms with E-state index in [0.717, 1.165) is 17.2 Å². The molecule has 2 amide bonds. The van der Waals surface area contributed by atoms with E-state index in [1.807, 2.05) is 49.4 Å². The van der Waals surface area contributed by atoms with Gasteiger partial charge in [-0.1, -0.05) is 30.3 Å². The Balaban J connectivity index is 1.40. The average Bonchev–Trinajstić information content (AvgIpc) is 3.09. The van der Waals surface area contributed by atoms with Crippen molar-refractivity contribution in [2.45, 2.75) is 19.1 Å². The summed E-state index contributed by atoms with van der Waals surface area (Å²) in [7, 11) is 0. The Labute approximate surface area is 170 Å². The van der Waals surface area contributed by atoms with Crippen LogP contribution in [0.1, 0.15) is 18.9 Å². The first-order valence-electron chi connectivity index (χ1n) is 9.57. The van der Waals surface area contributed by atoms with E-state index < -0.39 is 0 Å². The van der Waals surface area contributed by atoms with Gasteiger partial charge in [-0.05, 0) is 36.8 Å². The Morgan fingerprint density at radius 2 is 1.93 bits per heavy atom. The van der Waals surface area contributed by atoms with Crippen LogP contribution < -0.4 is 15.0 Å². The molecule has 0 bridgehead atoms. The van der Waals surface area contributed by atoms with Crippen LogP contribution >= 0.6 is 11.8 Å². The first-order valence-corrected chi connectivity index (χ1v) is 10.7. The number of carbonyl (C=O) groups is 2. The molecule has 1 unspecified atom stereocenters. The van der Waals surface area contributed by atoms with Gasteiger partial charge in [-0.25, -0.2) is 0 Å². The molecule has 5 nitrogen and oxygen atoms in total. The van der Waals surface area contributed by atoms with E-state index in [2.05, 4.69) is 17.4 Å². The van der Waals surface area contributed by atoms with E-state index in [1.165, 1.54) is 5.56 Å². The van der Waals surface area contributed by atoms with Gasteiger partial charge in [0, 0.05) is 36.9 Å². The molecule has 1 heterocycles. The normalized spacial score (nSPS) is 16.2. The second-order valence-corrected chi connectivity index (χ2v) is 7.77. The highest BCUT2D eigenvalue weighted by molar-refractivity contribution is 7.99. The topological polar surface area (TPSA) is 58.6 Å². The summed E-state index contributed by atoms with van der Waals surface area (Å²) >= 11 is 1.60. The molecule has 0 aromatic heterocycles. The number of amides is 2. The monoisotopic (exact) mass is 398 g/mol. The van der Waals surface area contributed by atoms with Crippen molar-refractivity contribution in [2.24, 2.45) is 5.92 Å². The highest BCUT2D eigenvalue weighted by atomic mass is 32.2. The van der Waals surface area contributed by atoms with Crippen molar-refractivity contribution in [1.82, 2.24) is 5.32 Å². The summed E-state index contributed by atoms with van der Waals surface area (Å²) < 4.78 is 5.44. The van der Waals surface area contributed by atoms with E-state index in [-0.39, 0.29) is 17.7 Å². The van der Waals surface area contributed by atoms with Gasteiger partial charge in [0.2, 0.25) is 11.8 Å². The van der Waals surface area contributed by atoms with Crippen molar-refractivity contribution in [2.75, 3.05) is 30.3 Å². The molecule has 3 rings (SSSR count). The number of anilines is 1. The molecule has 0 radical (unpaired) electrons. The summed E-state index contributed by atoms with van der Waals surface area (Å²) in [6, 6.07) is 17.7. The quantitative estimate of drug-likeness (QED) is 0.703. The molecule has 6 heteroatoms. The lowest BCUT2D eigenvalue weighted by Crippen LogP contribution is -2.32. The van der Waals surface area contributed by atoms with Crippen molar-refractivity contribution in [3.63, 3.8) is 0 Å². The van der Waals surface area contributed by atoms with Crippen LogP contribution in [0.2, 0.25) is 0 Å². The summed E-state index contributed by atoms with van der Waals surface area (Å²) in [6.07, 6.45) is 0.463. The lowest BCUT2D eigenvalue weighted by atomic mass is 10.1. The van der Waals surface area contributed by atoms with Crippen molar-refractivity contribution in [3.05, 3.63) is 60.2 Å². The van der Waals surface area contributed by atoms with E-state index >= 15 is 0 Å². The van der Waals surface area contributed by atoms with Gasteiger partial charge in [0.05, 0.1) is 12.4 Å². The molecule has 0 spiro atoms. The zero-order chi connectivity index (χ0) is 19.8. The van der Waals surface area contributed by atoms with Gasteiger partial charge in [-0.2, -0.15) is 0 Å². The summed E-state index contributed by atoms with van der Waals surface area (Å²) in [5.74, 6) is 2.31. The first-order chi connectivity index (χ1) is 13.7. The Hall–Kier alpha value is -2.47. The van der Waals surface area contributed by atoms with Gasteiger partial charge >= 0.3 is 0 Å². The molecule has 0 aliphatic carbocycles. The third kappa shape index (κ3) is 5.76. The van der Waals surface area contributed by atoms with Crippen molar-refractivity contribution >= 4 is 29.3 Å². The predicted molar refractivity (Wildman–Crippen MR) is 114 cm³/mol. The number of nitrogens with zero attached hydrogens (tertiary/aromatic N) is 1. The Bertz CT molecular complexity index is 780. The number of benzene rings is 2. The summed E-state index contributed by atoms with van der Waals surface area (Å²) in [5, 5.41) is 2.97. The number of nitrogens with one attached hydrogen (secondary N) is 1. The van der Waals surface area contributed by atoms with Crippen LogP contribution in [-0.2, 0) is 15.3 Å². The maximum atomic E-state index is 12.3. The molecule has 1 saturated heterocycles. The van der Waals surface area contributed by atoms with Crippen LogP contribution in [0.25, 0.3) is 0 Å². The Kier molecular flexibility index (Phi) is 7.37. The lowest BCUT2D eigenvalue weighted by Gasteiger charge is -2.17. The minimum absolute atomic E-state index is 0.0212. The molecule has 2 aromatic carbocycles. The number of hydrogen-bond donors (Lipinski definition) is 1. The average molecular weight is 399 g/mol. The van der Waals surface area contributed by atoms with Gasteiger partial charge < -0.3 is 15.0 Å². The molecule has 148 valence electrons. The fourth-order valence-electron chi connectivity index (χ4n) is 3.20. The number of hydrogen-bond acceptors (Lipinski definition) is 4. The SMILES string of the molecule is CCOc1ccc(N2CC(CNC(=O)CSCc3ccccc3)CC2=O)cc1. The van der Waals surface area contributed by atoms with Crippen LogP contribution in [-0.4, -0.2) is 37.3 Å². The van der Waals surface area contributed by atoms with Crippen LogP contribution in [0, 0.1) is 5.92 Å². The van der Waals surface area contributed by atoms with Gasteiger partial charge in [0.15, 0.2) is 0 Å². The maximum absolute atomic E-state index is 12.3. The third-order valence-corrected chi connectivity index (χ3v) is 5.60. The van der Waals surface area contributed by atoms with Gasteiger partial charge in [-0.3, -0.25) is 9.59 Å². The molecular formula is C22H26N2O3S. The van der Waals surface area contributed by atoms with Gasteiger partial charge in [0.1, 0.15) is 5.75 Å². The van der Waals surface area contributed by atoms with Crippen molar-refractivity contribution < 1.29 is 14.3 Å². The minimum atomic E-state index is 0.0212. The van der Waals surface area contributed by atoms with E-state index in [1.54, 1.807) is 16.7 Å². The molecule has 1 atom stereocenters. The van der Waals surface area contributed by atoms with Crippen LogP contribution in [0.3, 0.4) is 0 Å². The molecular weight excluding hydrogens is 372 g/mol. The highest BCUT2D eigenvalue weighted by Crippen LogP contribution is 2.26. The fourth-order valence-corrected chi connectivity index (χ4v) is 4.02. The van der Waals surface area contributed by atoms with Crippen LogP contribution in [0.4, 0.5) is 5.69 Å². The van der Waals surface area contributed by atoms with E-state index in [4.69, 9.17) is 4.74 Å². The Morgan fingerprint density at radius 1 is 1.18 bits per heavy atom. The molecule has 0 saturated carbocycles. The summed E-state index contributed by atoms with van der Waals surface area (Å²) in [5.41, 5.74) is 2.09. The zero-order valence-corrected chi connectivity index (χ0v) is 16.9. The maximum Gasteiger partial charge on any atom is 0.230 e. The third-order valence-electron chi connectivity index (χ3n) is 4.60. The molecule has 2 aromatic rings. The minimum Gasteiger partial charge on any atom is -0.494 e. The number of carbonyl (C=O) groups excluding carboxylic acids is 2. The second kappa shape index (κ2) is 10.2. The predicted octanol–water partition coefficient (Wildman–Crippen LogP) is 3.49. The molecule has 1 fully saturated rings. The molecule has 1 N–H and O–H groups in total. The summed E-state index contributed by atoms with van der Waals surface area (Å²) in [4.78, 5) is 26.2. The second-order valence-electron chi connectivity index (χ2n) is 6.78. The Morgan fingerprint density at radius 3 is 2.64 bits per heavy atom.